The zero-order valence-electron chi connectivity index (χ0n) is 14.2. The number of nitrogens with one attached hydrogen (secondary N) is 1. The predicted molar refractivity (Wildman–Crippen MR) is 107 cm³/mol. The summed E-state index contributed by atoms with van der Waals surface area (Å²) >= 11 is 3.26. The van der Waals surface area contributed by atoms with Gasteiger partial charge in [-0.3, -0.25) is 9.78 Å². The second kappa shape index (κ2) is 8.32. The van der Waals surface area contributed by atoms with Crippen molar-refractivity contribution in [1.29, 1.82) is 0 Å². The van der Waals surface area contributed by atoms with Crippen LogP contribution in [0, 0.1) is 0 Å². The molecular weight excluding hydrogens is 348 g/mol. The minimum atomic E-state index is -0.0540. The van der Waals surface area contributed by atoms with E-state index in [9.17, 15) is 4.79 Å². The minimum Gasteiger partial charge on any atom is -0.321 e. The van der Waals surface area contributed by atoms with E-state index in [0.717, 1.165) is 20.5 Å². The van der Waals surface area contributed by atoms with Gasteiger partial charge in [-0.15, -0.1) is 23.1 Å². The molecule has 3 rings (SSSR count). The smallest absolute Gasteiger partial charge is 0.265 e. The fourth-order valence-electron chi connectivity index (χ4n) is 2.32. The molecule has 0 saturated heterocycles. The number of anilines is 1. The predicted octanol–water partition coefficient (Wildman–Crippen LogP) is 5.81. The minimum absolute atomic E-state index is 0.0540. The molecule has 0 saturated carbocycles. The van der Waals surface area contributed by atoms with Gasteiger partial charge in [0, 0.05) is 23.8 Å². The third kappa shape index (κ3) is 4.94. The summed E-state index contributed by atoms with van der Waals surface area (Å²) in [6.45, 7) is 4.29. The largest absolute Gasteiger partial charge is 0.321 e. The van der Waals surface area contributed by atoms with Crippen molar-refractivity contribution in [2.75, 3.05) is 5.32 Å². The molecule has 25 heavy (non-hydrogen) atoms. The van der Waals surface area contributed by atoms with Gasteiger partial charge in [0.05, 0.1) is 9.09 Å². The van der Waals surface area contributed by atoms with Crippen LogP contribution in [0.25, 0.3) is 0 Å². The molecule has 3 nitrogen and oxygen atoms in total. The van der Waals surface area contributed by atoms with E-state index < -0.39 is 0 Å². The number of hydrogen-bond acceptors (Lipinski definition) is 4. The standard InChI is InChI=1S/C20H20N2OS2/c1-14(2)16-4-3-5-17(12-16)22-20(23)18-6-7-19(25-18)24-13-15-8-10-21-11-9-15/h3-12,14H,13H2,1-2H3,(H,22,23). The lowest BCUT2D eigenvalue weighted by Gasteiger charge is -2.08. The molecule has 5 heteroatoms. The normalized spacial score (nSPS) is 10.8. The monoisotopic (exact) mass is 368 g/mol. The molecule has 128 valence electrons. The lowest BCUT2D eigenvalue weighted by atomic mass is 10.0. The van der Waals surface area contributed by atoms with Crippen molar-refractivity contribution in [2.24, 2.45) is 0 Å². The number of benzene rings is 1. The topological polar surface area (TPSA) is 42.0 Å². The van der Waals surface area contributed by atoms with Crippen LogP contribution in [0.4, 0.5) is 5.69 Å². The van der Waals surface area contributed by atoms with Crippen LogP contribution in [-0.4, -0.2) is 10.9 Å². The summed E-state index contributed by atoms with van der Waals surface area (Å²) in [6, 6.07) is 15.9. The van der Waals surface area contributed by atoms with Crippen molar-refractivity contribution in [3.05, 3.63) is 76.9 Å². The van der Waals surface area contributed by atoms with Gasteiger partial charge < -0.3 is 5.32 Å². The molecule has 2 aromatic heterocycles. The number of thioether (sulfide) groups is 1. The molecule has 2 heterocycles. The second-order valence-corrected chi connectivity index (χ2v) is 8.36. The van der Waals surface area contributed by atoms with Crippen molar-refractivity contribution < 1.29 is 4.79 Å². The highest BCUT2D eigenvalue weighted by Crippen LogP contribution is 2.30. The molecule has 1 N–H and O–H groups in total. The highest BCUT2D eigenvalue weighted by atomic mass is 32.2. The Bertz CT molecular complexity index is 844. The Balaban J connectivity index is 1.61. The summed E-state index contributed by atoms with van der Waals surface area (Å²) < 4.78 is 1.14. The van der Waals surface area contributed by atoms with Gasteiger partial charge in [-0.1, -0.05) is 26.0 Å². The van der Waals surface area contributed by atoms with Crippen LogP contribution < -0.4 is 5.32 Å². The Morgan fingerprint density at radius 1 is 1.16 bits per heavy atom. The van der Waals surface area contributed by atoms with E-state index in [1.807, 2.05) is 42.5 Å². The van der Waals surface area contributed by atoms with Gasteiger partial charge in [0.1, 0.15) is 0 Å². The van der Waals surface area contributed by atoms with Gasteiger partial charge in [0.25, 0.3) is 5.91 Å². The zero-order chi connectivity index (χ0) is 17.6. The molecule has 0 aliphatic carbocycles. The second-order valence-electron chi connectivity index (χ2n) is 6.00. The number of thiophene rings is 1. The summed E-state index contributed by atoms with van der Waals surface area (Å²) in [4.78, 5) is 17.2. The Labute approximate surface area is 156 Å². The number of nitrogens with zero attached hydrogens (tertiary/aromatic N) is 1. The van der Waals surface area contributed by atoms with Crippen LogP contribution in [-0.2, 0) is 5.75 Å². The molecule has 0 aliphatic heterocycles. The first-order chi connectivity index (χ1) is 12.1. The van der Waals surface area contributed by atoms with Crippen LogP contribution in [0.1, 0.15) is 40.6 Å². The van der Waals surface area contributed by atoms with E-state index in [2.05, 4.69) is 30.2 Å². The molecule has 0 unspecified atom stereocenters. The molecule has 0 atom stereocenters. The first kappa shape index (κ1) is 17.7. The number of carbonyl (C=O) groups excluding carboxylic acids is 1. The molecule has 0 radical (unpaired) electrons. The van der Waals surface area contributed by atoms with Gasteiger partial charge in [-0.2, -0.15) is 0 Å². The fraction of sp³-hybridized carbons (Fsp3) is 0.200. The van der Waals surface area contributed by atoms with Crippen LogP contribution in [0.2, 0.25) is 0 Å². The molecule has 3 aromatic rings. The van der Waals surface area contributed by atoms with Crippen LogP contribution >= 0.6 is 23.1 Å². The number of aromatic nitrogens is 1. The Hall–Kier alpha value is -2.11. The average molecular weight is 369 g/mol. The Morgan fingerprint density at radius 3 is 2.72 bits per heavy atom. The quantitative estimate of drug-likeness (QED) is 0.558. The molecule has 0 aliphatic rings. The number of rotatable bonds is 6. The van der Waals surface area contributed by atoms with Gasteiger partial charge in [-0.05, 0) is 53.4 Å². The first-order valence-electron chi connectivity index (χ1n) is 8.14. The van der Waals surface area contributed by atoms with E-state index in [4.69, 9.17) is 0 Å². The molecule has 1 aromatic carbocycles. The van der Waals surface area contributed by atoms with Crippen LogP contribution in [0.15, 0.2) is 65.1 Å². The first-order valence-corrected chi connectivity index (χ1v) is 9.95. The van der Waals surface area contributed by atoms with Crippen LogP contribution in [0.5, 0.6) is 0 Å². The van der Waals surface area contributed by atoms with Crippen molar-refractivity contribution >= 4 is 34.7 Å². The molecule has 0 spiro atoms. The summed E-state index contributed by atoms with van der Waals surface area (Å²) in [6.07, 6.45) is 3.60. The summed E-state index contributed by atoms with van der Waals surface area (Å²) in [7, 11) is 0. The fourth-order valence-corrected chi connectivity index (χ4v) is 4.30. The van der Waals surface area contributed by atoms with Gasteiger partial charge in [0.2, 0.25) is 0 Å². The van der Waals surface area contributed by atoms with Gasteiger partial charge >= 0.3 is 0 Å². The number of carbonyl (C=O) groups is 1. The van der Waals surface area contributed by atoms with Crippen molar-refractivity contribution in [3.8, 4) is 0 Å². The van der Waals surface area contributed by atoms with E-state index in [1.165, 1.54) is 22.5 Å². The maximum absolute atomic E-state index is 12.5. The third-order valence-electron chi connectivity index (χ3n) is 3.75. The Morgan fingerprint density at radius 2 is 1.96 bits per heavy atom. The van der Waals surface area contributed by atoms with Gasteiger partial charge in [0.15, 0.2) is 0 Å². The Kier molecular flexibility index (Phi) is 5.89. The summed E-state index contributed by atoms with van der Waals surface area (Å²) in [5.74, 6) is 1.26. The lowest BCUT2D eigenvalue weighted by molar-refractivity contribution is 0.103. The number of hydrogen-bond donors (Lipinski definition) is 1. The highest BCUT2D eigenvalue weighted by Gasteiger charge is 2.11. The SMILES string of the molecule is CC(C)c1cccc(NC(=O)c2ccc(SCc3ccncc3)s2)c1. The molecule has 0 fully saturated rings. The number of pyridine rings is 1. The van der Waals surface area contributed by atoms with E-state index in [1.54, 1.807) is 24.2 Å². The summed E-state index contributed by atoms with van der Waals surface area (Å²) in [5, 5.41) is 2.99. The number of amides is 1. The van der Waals surface area contributed by atoms with E-state index in [0.29, 0.717) is 5.92 Å². The maximum Gasteiger partial charge on any atom is 0.265 e. The maximum atomic E-state index is 12.5. The summed E-state index contributed by atoms with van der Waals surface area (Å²) in [5.41, 5.74) is 3.29. The average Bonchev–Trinajstić information content (AvgIpc) is 3.10. The van der Waals surface area contributed by atoms with Crippen LogP contribution in [0.3, 0.4) is 0 Å². The van der Waals surface area contributed by atoms with Crippen molar-refractivity contribution in [3.63, 3.8) is 0 Å². The third-order valence-corrected chi connectivity index (χ3v) is 6.13. The highest BCUT2D eigenvalue weighted by molar-refractivity contribution is 8.00. The van der Waals surface area contributed by atoms with E-state index >= 15 is 0 Å². The van der Waals surface area contributed by atoms with E-state index in [-0.39, 0.29) is 5.91 Å². The molecule has 0 bridgehead atoms. The van der Waals surface area contributed by atoms with Crippen molar-refractivity contribution in [2.45, 2.75) is 29.7 Å². The lowest BCUT2D eigenvalue weighted by Crippen LogP contribution is -2.10. The van der Waals surface area contributed by atoms with Gasteiger partial charge in [-0.25, -0.2) is 0 Å². The zero-order valence-corrected chi connectivity index (χ0v) is 15.9. The molecule has 1 amide bonds. The van der Waals surface area contributed by atoms with Crippen molar-refractivity contribution in [1.82, 2.24) is 4.98 Å². The molecular formula is C20H20N2OS2.